The Morgan fingerprint density at radius 3 is 2.65 bits per heavy atom. The lowest BCUT2D eigenvalue weighted by Gasteiger charge is -2.33. The van der Waals surface area contributed by atoms with Crippen LogP contribution in [0.4, 0.5) is 0 Å². The quantitative estimate of drug-likeness (QED) is 0.604. The molecule has 2 aliphatic heterocycles. The highest BCUT2D eigenvalue weighted by atomic mass is 127. The SMILES string of the molecule is OC1(c2ccc3c(c2)CN(I)C3)CCNCC1. The van der Waals surface area contributed by atoms with Crippen LogP contribution in [0.15, 0.2) is 18.2 Å². The van der Waals surface area contributed by atoms with Gasteiger partial charge in [0.15, 0.2) is 0 Å². The van der Waals surface area contributed by atoms with Crippen LogP contribution in [0.5, 0.6) is 0 Å². The molecule has 17 heavy (non-hydrogen) atoms. The molecule has 2 heterocycles. The molecule has 3 rings (SSSR count). The van der Waals surface area contributed by atoms with Crippen molar-refractivity contribution >= 4 is 22.9 Å². The van der Waals surface area contributed by atoms with E-state index in [4.69, 9.17) is 0 Å². The molecule has 2 N–H and O–H groups in total. The van der Waals surface area contributed by atoms with E-state index in [0.717, 1.165) is 44.6 Å². The number of fused-ring (bicyclic) bond motifs is 1. The van der Waals surface area contributed by atoms with Crippen molar-refractivity contribution in [1.29, 1.82) is 0 Å². The maximum Gasteiger partial charge on any atom is 0.0920 e. The molecule has 4 heteroatoms. The largest absolute Gasteiger partial charge is 0.385 e. The number of hydrogen-bond donors (Lipinski definition) is 2. The molecule has 92 valence electrons. The normalized spacial score (nSPS) is 23.6. The highest BCUT2D eigenvalue weighted by Gasteiger charge is 2.32. The van der Waals surface area contributed by atoms with Gasteiger partial charge in [-0.25, -0.2) is 3.11 Å². The summed E-state index contributed by atoms with van der Waals surface area (Å²) < 4.78 is 2.28. The van der Waals surface area contributed by atoms with Crippen LogP contribution in [-0.4, -0.2) is 21.3 Å². The van der Waals surface area contributed by atoms with E-state index < -0.39 is 5.60 Å². The molecule has 0 aliphatic carbocycles. The summed E-state index contributed by atoms with van der Waals surface area (Å²) >= 11 is 2.36. The van der Waals surface area contributed by atoms with E-state index in [9.17, 15) is 5.11 Å². The fourth-order valence-corrected chi connectivity index (χ4v) is 3.51. The Morgan fingerprint density at radius 1 is 1.18 bits per heavy atom. The smallest absolute Gasteiger partial charge is 0.0920 e. The van der Waals surface area contributed by atoms with Crippen molar-refractivity contribution < 1.29 is 5.11 Å². The van der Waals surface area contributed by atoms with E-state index in [1.165, 1.54) is 11.1 Å². The lowest BCUT2D eigenvalue weighted by molar-refractivity contribution is 0.00588. The number of nitrogens with zero attached hydrogens (tertiary/aromatic N) is 1. The molecule has 1 saturated heterocycles. The summed E-state index contributed by atoms with van der Waals surface area (Å²) in [4.78, 5) is 0. The second-order valence-electron chi connectivity index (χ2n) is 5.04. The lowest BCUT2D eigenvalue weighted by Crippen LogP contribution is -2.39. The molecular formula is C13H17IN2O. The molecule has 3 nitrogen and oxygen atoms in total. The molecule has 0 spiro atoms. The first-order valence-electron chi connectivity index (χ1n) is 6.13. The van der Waals surface area contributed by atoms with Crippen molar-refractivity contribution in [1.82, 2.24) is 8.43 Å². The third kappa shape index (κ3) is 2.23. The molecule has 0 unspecified atom stereocenters. The highest BCUT2D eigenvalue weighted by molar-refractivity contribution is 14.1. The summed E-state index contributed by atoms with van der Waals surface area (Å²) in [5, 5.41) is 14.0. The molecule has 0 atom stereocenters. The Bertz CT molecular complexity index is 429. The zero-order valence-electron chi connectivity index (χ0n) is 9.75. The van der Waals surface area contributed by atoms with E-state index in [1.807, 2.05) is 0 Å². The van der Waals surface area contributed by atoms with Crippen molar-refractivity contribution in [2.24, 2.45) is 0 Å². The number of rotatable bonds is 1. The third-order valence-corrected chi connectivity index (χ3v) is 4.54. The zero-order valence-corrected chi connectivity index (χ0v) is 11.9. The molecule has 1 fully saturated rings. The van der Waals surface area contributed by atoms with Gasteiger partial charge in [-0.3, -0.25) is 0 Å². The number of aliphatic hydroxyl groups is 1. The summed E-state index contributed by atoms with van der Waals surface area (Å²) in [7, 11) is 0. The van der Waals surface area contributed by atoms with E-state index in [0.29, 0.717) is 0 Å². The van der Waals surface area contributed by atoms with Gasteiger partial charge in [0, 0.05) is 36.0 Å². The molecule has 2 aliphatic rings. The molecule has 1 aromatic carbocycles. The second-order valence-corrected chi connectivity index (χ2v) is 6.41. The third-order valence-electron chi connectivity index (χ3n) is 3.86. The summed E-state index contributed by atoms with van der Waals surface area (Å²) in [6.07, 6.45) is 1.64. The maximum absolute atomic E-state index is 10.7. The van der Waals surface area contributed by atoms with Crippen LogP contribution in [0.25, 0.3) is 0 Å². The Morgan fingerprint density at radius 2 is 1.88 bits per heavy atom. The summed E-state index contributed by atoms with van der Waals surface area (Å²) in [5.41, 5.74) is 3.27. The van der Waals surface area contributed by atoms with E-state index in [1.54, 1.807) is 0 Å². The van der Waals surface area contributed by atoms with Gasteiger partial charge in [0.1, 0.15) is 0 Å². The van der Waals surface area contributed by atoms with Crippen molar-refractivity contribution in [3.8, 4) is 0 Å². The summed E-state index contributed by atoms with van der Waals surface area (Å²) in [5.74, 6) is 0. The van der Waals surface area contributed by atoms with Crippen LogP contribution in [0.2, 0.25) is 0 Å². The van der Waals surface area contributed by atoms with Crippen LogP contribution in [0.1, 0.15) is 29.5 Å². The predicted octanol–water partition coefficient (Wildman–Crippen LogP) is 1.92. The Labute approximate surface area is 116 Å². The fourth-order valence-electron chi connectivity index (χ4n) is 2.77. The number of nitrogens with one attached hydrogen (secondary N) is 1. The van der Waals surface area contributed by atoms with Crippen molar-refractivity contribution in [3.63, 3.8) is 0 Å². The van der Waals surface area contributed by atoms with Crippen LogP contribution < -0.4 is 5.32 Å². The number of benzene rings is 1. The van der Waals surface area contributed by atoms with Crippen molar-refractivity contribution in [2.75, 3.05) is 13.1 Å². The molecule has 0 aromatic heterocycles. The van der Waals surface area contributed by atoms with Crippen molar-refractivity contribution in [3.05, 3.63) is 34.9 Å². The van der Waals surface area contributed by atoms with Gasteiger partial charge in [-0.15, -0.1) is 0 Å². The second kappa shape index (κ2) is 4.50. The molecule has 0 amide bonds. The van der Waals surface area contributed by atoms with Gasteiger partial charge in [0.25, 0.3) is 0 Å². The predicted molar refractivity (Wildman–Crippen MR) is 75.7 cm³/mol. The van der Waals surface area contributed by atoms with Gasteiger partial charge in [-0.2, -0.15) is 0 Å². The standard InChI is InChI=1S/C13H17IN2O/c14-16-8-10-1-2-12(7-11(10)9-16)13(17)3-5-15-6-4-13/h1-2,7,15,17H,3-6,8-9H2. The van der Waals surface area contributed by atoms with Crippen LogP contribution in [0, 0.1) is 0 Å². The van der Waals surface area contributed by atoms with Crippen LogP contribution in [-0.2, 0) is 18.7 Å². The summed E-state index contributed by atoms with van der Waals surface area (Å²) in [6, 6.07) is 6.50. The van der Waals surface area contributed by atoms with Crippen LogP contribution >= 0.6 is 22.9 Å². The number of hydrogen-bond acceptors (Lipinski definition) is 3. The molecule has 0 bridgehead atoms. The minimum Gasteiger partial charge on any atom is -0.385 e. The minimum absolute atomic E-state index is 0.612. The van der Waals surface area contributed by atoms with Crippen LogP contribution in [0.3, 0.4) is 0 Å². The van der Waals surface area contributed by atoms with Gasteiger partial charge >= 0.3 is 0 Å². The molecule has 0 saturated carbocycles. The average molecular weight is 344 g/mol. The van der Waals surface area contributed by atoms with Gasteiger partial charge in [-0.1, -0.05) is 18.2 Å². The average Bonchev–Trinajstić information content (AvgIpc) is 2.69. The van der Waals surface area contributed by atoms with Gasteiger partial charge in [-0.05, 0) is 42.6 Å². The van der Waals surface area contributed by atoms with Gasteiger partial charge < -0.3 is 10.4 Å². The first kappa shape index (κ1) is 11.9. The zero-order chi connectivity index (χ0) is 11.9. The van der Waals surface area contributed by atoms with Gasteiger partial charge in [0.05, 0.1) is 5.60 Å². The lowest BCUT2D eigenvalue weighted by atomic mass is 9.84. The van der Waals surface area contributed by atoms with Crippen molar-refractivity contribution in [2.45, 2.75) is 31.5 Å². The summed E-state index contributed by atoms with van der Waals surface area (Å²) in [6.45, 7) is 3.84. The fraction of sp³-hybridized carbons (Fsp3) is 0.538. The number of piperidine rings is 1. The highest BCUT2D eigenvalue weighted by Crippen LogP contribution is 2.34. The Hall–Kier alpha value is -0.170. The number of halogens is 1. The monoisotopic (exact) mass is 344 g/mol. The first-order chi connectivity index (χ1) is 8.17. The maximum atomic E-state index is 10.7. The van der Waals surface area contributed by atoms with E-state index >= 15 is 0 Å². The van der Waals surface area contributed by atoms with Gasteiger partial charge in [0.2, 0.25) is 0 Å². The Balaban J connectivity index is 1.91. The molecular weight excluding hydrogens is 327 g/mol. The minimum atomic E-state index is -0.612. The topological polar surface area (TPSA) is 35.5 Å². The Kier molecular flexibility index (Phi) is 3.15. The van der Waals surface area contributed by atoms with E-state index in [-0.39, 0.29) is 0 Å². The molecule has 1 aromatic rings. The first-order valence-corrected chi connectivity index (χ1v) is 7.10. The molecule has 0 radical (unpaired) electrons. The van der Waals surface area contributed by atoms with E-state index in [2.05, 4.69) is 49.5 Å².